The van der Waals surface area contributed by atoms with E-state index in [1.807, 2.05) is 54.6 Å². The van der Waals surface area contributed by atoms with Gasteiger partial charge in [0.05, 0.1) is 11.9 Å². The lowest BCUT2D eigenvalue weighted by atomic mass is 9.94. The number of para-hydroxylation sites is 1. The van der Waals surface area contributed by atoms with E-state index in [0.717, 1.165) is 58.3 Å². The van der Waals surface area contributed by atoms with Crippen molar-refractivity contribution in [3.05, 3.63) is 100 Å². The Balaban J connectivity index is 1.59. The van der Waals surface area contributed by atoms with E-state index in [4.69, 9.17) is 0 Å². The quantitative estimate of drug-likeness (QED) is 0.234. The van der Waals surface area contributed by atoms with Crippen molar-refractivity contribution >= 4 is 43.5 Å². The molecule has 3 aromatic carbocycles. The molecular weight excluding hydrogens is 633 g/mol. The predicted octanol–water partition coefficient (Wildman–Crippen LogP) is 6.22. The molecule has 0 heterocycles. The van der Waals surface area contributed by atoms with Gasteiger partial charge >= 0.3 is 0 Å². The zero-order valence-corrected chi connectivity index (χ0v) is 26.8. The molecule has 0 unspecified atom stereocenters. The van der Waals surface area contributed by atoms with Gasteiger partial charge in [0.1, 0.15) is 11.9 Å². The molecular formula is C33H39BrFN3O4S. The first-order valence-corrected chi connectivity index (χ1v) is 17.4. The zero-order chi connectivity index (χ0) is 30.8. The molecule has 0 spiro atoms. The van der Waals surface area contributed by atoms with Crippen molar-refractivity contribution in [2.24, 2.45) is 0 Å². The Bertz CT molecular complexity index is 1480. The van der Waals surface area contributed by atoms with Gasteiger partial charge < -0.3 is 10.2 Å². The van der Waals surface area contributed by atoms with E-state index in [-0.39, 0.29) is 49.5 Å². The number of carbonyl (C=O) groups excluding carboxylic acids is 2. The average Bonchev–Trinajstić information content (AvgIpc) is 2.98. The smallest absolute Gasteiger partial charge is 0.243 e. The summed E-state index contributed by atoms with van der Waals surface area (Å²) in [4.78, 5) is 29.5. The van der Waals surface area contributed by atoms with Gasteiger partial charge in [-0.25, -0.2) is 12.8 Å². The third-order valence-electron chi connectivity index (χ3n) is 7.74. The van der Waals surface area contributed by atoms with Gasteiger partial charge in [-0.15, -0.1) is 0 Å². The van der Waals surface area contributed by atoms with Gasteiger partial charge in [0.25, 0.3) is 0 Å². The second-order valence-electron chi connectivity index (χ2n) is 11.1. The highest BCUT2D eigenvalue weighted by molar-refractivity contribution is 9.10. The van der Waals surface area contributed by atoms with Crippen molar-refractivity contribution in [1.82, 2.24) is 10.2 Å². The second-order valence-corrected chi connectivity index (χ2v) is 13.9. The fraction of sp³-hybridized carbons (Fsp3) is 0.394. The molecule has 1 N–H and O–H groups in total. The Morgan fingerprint density at radius 1 is 0.953 bits per heavy atom. The summed E-state index contributed by atoms with van der Waals surface area (Å²) in [5.41, 5.74) is 1.73. The molecule has 0 saturated heterocycles. The molecule has 10 heteroatoms. The summed E-state index contributed by atoms with van der Waals surface area (Å²) in [5, 5.41) is 3.22. The minimum absolute atomic E-state index is 0.0174. The van der Waals surface area contributed by atoms with E-state index >= 15 is 0 Å². The first-order chi connectivity index (χ1) is 20.6. The van der Waals surface area contributed by atoms with Crippen LogP contribution in [-0.4, -0.2) is 50.0 Å². The zero-order valence-electron chi connectivity index (χ0n) is 24.4. The molecule has 0 aromatic heterocycles. The maximum Gasteiger partial charge on any atom is 0.243 e. The number of nitrogens with one attached hydrogen (secondary N) is 1. The van der Waals surface area contributed by atoms with Crippen molar-refractivity contribution in [2.75, 3.05) is 17.1 Å². The van der Waals surface area contributed by atoms with Gasteiger partial charge in [0, 0.05) is 36.4 Å². The summed E-state index contributed by atoms with van der Waals surface area (Å²) in [6, 6.07) is 22.2. The maximum absolute atomic E-state index is 14.5. The van der Waals surface area contributed by atoms with Crippen molar-refractivity contribution in [1.29, 1.82) is 0 Å². The number of hydrogen-bond donors (Lipinski definition) is 1. The Labute approximate surface area is 262 Å². The van der Waals surface area contributed by atoms with Crippen LogP contribution in [0.3, 0.4) is 0 Å². The molecule has 43 heavy (non-hydrogen) atoms. The summed E-state index contributed by atoms with van der Waals surface area (Å²) in [5.74, 6) is -1.12. The van der Waals surface area contributed by atoms with E-state index < -0.39 is 21.9 Å². The molecule has 0 radical (unpaired) electrons. The first-order valence-electron chi connectivity index (χ1n) is 14.7. The second kappa shape index (κ2) is 15.5. The van der Waals surface area contributed by atoms with E-state index in [2.05, 4.69) is 21.2 Å². The Morgan fingerprint density at radius 3 is 2.30 bits per heavy atom. The van der Waals surface area contributed by atoms with Crippen LogP contribution in [0.25, 0.3) is 0 Å². The SMILES string of the molecule is CS(=O)(=O)N(CCCC(=O)N(Cc1cccc(Br)c1)[C@@H](Cc1ccccc1)C(=O)NC1CCCCC1)c1ccccc1F. The number of hydrogen-bond acceptors (Lipinski definition) is 4. The topological polar surface area (TPSA) is 86.8 Å². The van der Waals surface area contributed by atoms with Crippen molar-refractivity contribution in [3.8, 4) is 0 Å². The van der Waals surface area contributed by atoms with Crippen LogP contribution in [0.2, 0.25) is 0 Å². The highest BCUT2D eigenvalue weighted by Crippen LogP contribution is 2.24. The molecule has 4 rings (SSSR count). The molecule has 230 valence electrons. The van der Waals surface area contributed by atoms with Gasteiger partial charge in [-0.05, 0) is 54.7 Å². The lowest BCUT2D eigenvalue weighted by Gasteiger charge is -2.34. The number of amides is 2. The van der Waals surface area contributed by atoms with Gasteiger partial charge in [0.2, 0.25) is 21.8 Å². The molecule has 0 bridgehead atoms. The van der Waals surface area contributed by atoms with Crippen LogP contribution in [0.4, 0.5) is 10.1 Å². The summed E-state index contributed by atoms with van der Waals surface area (Å²) >= 11 is 3.50. The summed E-state index contributed by atoms with van der Waals surface area (Å²) < 4.78 is 41.5. The van der Waals surface area contributed by atoms with Gasteiger partial charge in [-0.3, -0.25) is 13.9 Å². The third kappa shape index (κ3) is 9.63. The van der Waals surface area contributed by atoms with E-state index in [0.29, 0.717) is 6.42 Å². The molecule has 1 aliphatic carbocycles. The number of nitrogens with zero attached hydrogens (tertiary/aromatic N) is 2. The fourth-order valence-corrected chi connectivity index (χ4v) is 6.98. The maximum atomic E-state index is 14.5. The molecule has 1 aliphatic rings. The van der Waals surface area contributed by atoms with Crippen LogP contribution < -0.4 is 9.62 Å². The number of anilines is 1. The van der Waals surface area contributed by atoms with Crippen LogP contribution in [-0.2, 0) is 32.6 Å². The van der Waals surface area contributed by atoms with Crippen LogP contribution in [0, 0.1) is 5.82 Å². The Morgan fingerprint density at radius 2 is 1.63 bits per heavy atom. The number of rotatable bonds is 13. The van der Waals surface area contributed by atoms with E-state index in [1.54, 1.807) is 11.0 Å². The molecule has 7 nitrogen and oxygen atoms in total. The highest BCUT2D eigenvalue weighted by atomic mass is 79.9. The number of benzene rings is 3. The van der Waals surface area contributed by atoms with Gasteiger partial charge in [-0.1, -0.05) is 89.8 Å². The molecule has 2 amide bonds. The lowest BCUT2D eigenvalue weighted by Crippen LogP contribution is -2.53. The first kappa shape index (κ1) is 32.7. The van der Waals surface area contributed by atoms with Gasteiger partial charge in [0.15, 0.2) is 0 Å². The predicted molar refractivity (Wildman–Crippen MR) is 171 cm³/mol. The summed E-state index contributed by atoms with van der Waals surface area (Å²) in [7, 11) is -3.80. The van der Waals surface area contributed by atoms with Gasteiger partial charge in [-0.2, -0.15) is 0 Å². The average molecular weight is 673 g/mol. The molecule has 3 aromatic rings. The van der Waals surface area contributed by atoms with Crippen molar-refractivity contribution in [2.45, 2.75) is 70.0 Å². The molecule has 0 aliphatic heterocycles. The van der Waals surface area contributed by atoms with E-state index in [1.165, 1.54) is 18.2 Å². The lowest BCUT2D eigenvalue weighted by molar-refractivity contribution is -0.141. The van der Waals surface area contributed by atoms with Crippen LogP contribution in [0.15, 0.2) is 83.3 Å². The number of halogens is 2. The largest absolute Gasteiger partial charge is 0.352 e. The highest BCUT2D eigenvalue weighted by Gasteiger charge is 2.32. The molecule has 1 saturated carbocycles. The van der Waals surface area contributed by atoms with E-state index in [9.17, 15) is 22.4 Å². The summed E-state index contributed by atoms with van der Waals surface area (Å²) in [6.07, 6.45) is 6.61. The van der Waals surface area contributed by atoms with Crippen LogP contribution in [0.1, 0.15) is 56.1 Å². The van der Waals surface area contributed by atoms with Crippen molar-refractivity contribution < 1.29 is 22.4 Å². The minimum atomic E-state index is -3.80. The number of carbonyl (C=O) groups is 2. The molecule has 1 fully saturated rings. The standard InChI is InChI=1S/C33H39BrFN3O4S/c1-43(41,42)38(30-19-9-8-18-29(30)35)21-11-20-32(39)37(24-26-14-10-15-27(34)22-26)31(23-25-12-4-2-5-13-25)33(40)36-28-16-6-3-7-17-28/h2,4-5,8-10,12-15,18-19,22,28,31H,3,6-7,11,16-17,20-21,23-24H2,1H3,(H,36,40)/t31-/m0/s1. The third-order valence-corrected chi connectivity index (χ3v) is 9.41. The fourth-order valence-electron chi connectivity index (χ4n) is 5.57. The van der Waals surface area contributed by atoms with Crippen LogP contribution >= 0.6 is 15.9 Å². The van der Waals surface area contributed by atoms with Crippen molar-refractivity contribution in [3.63, 3.8) is 0 Å². The van der Waals surface area contributed by atoms with Crippen LogP contribution in [0.5, 0.6) is 0 Å². The number of sulfonamides is 1. The Hall–Kier alpha value is -3.24. The molecule has 1 atom stereocenters. The Kier molecular flexibility index (Phi) is 11.8. The monoisotopic (exact) mass is 671 g/mol. The normalized spacial score (nSPS) is 14.6. The summed E-state index contributed by atoms with van der Waals surface area (Å²) in [6.45, 7) is 0.130. The minimum Gasteiger partial charge on any atom is -0.352 e.